The van der Waals surface area contributed by atoms with Crippen molar-refractivity contribution in [2.45, 2.75) is 32.2 Å². The number of carbonyl (C=O) groups is 2. The van der Waals surface area contributed by atoms with Crippen LogP contribution in [0.25, 0.3) is 10.9 Å². The van der Waals surface area contributed by atoms with E-state index in [9.17, 15) is 19.8 Å². The minimum atomic E-state index is -0.873. The molecule has 0 saturated heterocycles. The number of fused-ring (bicyclic) bond motifs is 1. The summed E-state index contributed by atoms with van der Waals surface area (Å²) in [4.78, 5) is 24.3. The van der Waals surface area contributed by atoms with Gasteiger partial charge in [0.1, 0.15) is 5.69 Å². The van der Waals surface area contributed by atoms with Gasteiger partial charge < -0.3 is 20.1 Å². The van der Waals surface area contributed by atoms with Gasteiger partial charge >= 0.3 is 5.97 Å². The molecule has 1 amide bonds. The molecular formula is C23H25ClN2O4. The van der Waals surface area contributed by atoms with Crippen molar-refractivity contribution in [1.82, 2.24) is 9.88 Å². The summed E-state index contributed by atoms with van der Waals surface area (Å²) < 4.78 is 1.77. The fraction of sp³-hybridized carbons (Fsp3) is 0.304. The molecule has 0 fully saturated rings. The van der Waals surface area contributed by atoms with Crippen molar-refractivity contribution in [1.29, 1.82) is 0 Å². The first-order valence-corrected chi connectivity index (χ1v) is 10.1. The Hall–Kier alpha value is -2.83. The molecule has 1 unspecified atom stereocenters. The van der Waals surface area contributed by atoms with Gasteiger partial charge in [0, 0.05) is 18.0 Å². The Morgan fingerprint density at radius 3 is 2.33 bits per heavy atom. The van der Waals surface area contributed by atoms with Crippen molar-refractivity contribution >= 4 is 34.4 Å². The summed E-state index contributed by atoms with van der Waals surface area (Å²) in [6.07, 6.45) is 0.484. The monoisotopic (exact) mass is 428 g/mol. The van der Waals surface area contributed by atoms with Gasteiger partial charge in [0.15, 0.2) is 0 Å². The highest BCUT2D eigenvalue weighted by molar-refractivity contribution is 6.36. The van der Waals surface area contributed by atoms with Gasteiger partial charge in [0.2, 0.25) is 0 Å². The average Bonchev–Trinajstić information content (AvgIpc) is 3.07. The molecule has 3 N–H and O–H groups in total. The normalized spacial score (nSPS) is 13.2. The van der Waals surface area contributed by atoms with E-state index in [1.54, 1.807) is 41.9 Å². The molecule has 2 aromatic carbocycles. The number of hydrogen-bond acceptors (Lipinski definition) is 3. The largest absolute Gasteiger partial charge is 0.481 e. The zero-order chi connectivity index (χ0) is 22.0. The maximum absolute atomic E-state index is 12.9. The number of nitrogens with zero attached hydrogens (tertiary/aromatic N) is 1. The zero-order valence-electron chi connectivity index (χ0n) is 17.1. The van der Waals surface area contributed by atoms with E-state index in [4.69, 9.17) is 11.6 Å². The molecule has 0 bridgehead atoms. The van der Waals surface area contributed by atoms with Crippen LogP contribution >= 0.6 is 11.6 Å². The van der Waals surface area contributed by atoms with Gasteiger partial charge in [-0.05, 0) is 42.2 Å². The molecule has 0 spiro atoms. The summed E-state index contributed by atoms with van der Waals surface area (Å²) in [6, 6.07) is 11.9. The van der Waals surface area contributed by atoms with Crippen molar-refractivity contribution in [3.8, 4) is 0 Å². The molecule has 0 aliphatic rings. The van der Waals surface area contributed by atoms with Crippen molar-refractivity contribution < 1.29 is 19.8 Å². The first-order valence-electron chi connectivity index (χ1n) is 9.77. The minimum Gasteiger partial charge on any atom is -0.481 e. The molecule has 1 aromatic heterocycles. The predicted octanol–water partition coefficient (Wildman–Crippen LogP) is 4.18. The topological polar surface area (TPSA) is 91.6 Å². The molecule has 0 aliphatic carbocycles. The van der Waals surface area contributed by atoms with Crippen LogP contribution in [-0.2, 0) is 11.8 Å². The Morgan fingerprint density at radius 2 is 1.77 bits per heavy atom. The quantitative estimate of drug-likeness (QED) is 0.526. The second kappa shape index (κ2) is 8.90. The second-order valence-electron chi connectivity index (χ2n) is 7.39. The molecule has 30 heavy (non-hydrogen) atoms. The van der Waals surface area contributed by atoms with Crippen molar-refractivity contribution in [3.63, 3.8) is 0 Å². The number of aliphatic hydroxyl groups is 1. The molecule has 0 aliphatic heterocycles. The van der Waals surface area contributed by atoms with Gasteiger partial charge in [-0.2, -0.15) is 0 Å². The van der Waals surface area contributed by atoms with E-state index in [-0.39, 0.29) is 12.5 Å². The standard InChI is InChI=1S/C23H25ClN2O4/c1-4-16(23(29)30)14-6-8-15(9-7-14)18(12-27)25-22(28)20-11-17-19(26(20)3)10-5-13(2)21(17)24/h5-11,16,18,27H,4,12H2,1-3H3,(H,25,28)(H,29,30)/t16?,18-/m1/s1. The molecular weight excluding hydrogens is 404 g/mol. The number of aliphatic hydroxyl groups excluding tert-OH is 1. The third-order valence-electron chi connectivity index (χ3n) is 5.52. The third kappa shape index (κ3) is 4.06. The SMILES string of the molecule is CCC(C(=O)O)c1ccc([C@@H](CO)NC(=O)c2cc3c(Cl)c(C)ccc3n2C)cc1. The van der Waals surface area contributed by atoms with Gasteiger partial charge in [-0.15, -0.1) is 0 Å². The maximum Gasteiger partial charge on any atom is 0.310 e. The molecule has 6 nitrogen and oxygen atoms in total. The van der Waals surface area contributed by atoms with Crippen LogP contribution in [0.4, 0.5) is 0 Å². The number of carboxylic acids is 1. The first-order chi connectivity index (χ1) is 14.3. The van der Waals surface area contributed by atoms with E-state index >= 15 is 0 Å². The summed E-state index contributed by atoms with van der Waals surface area (Å²) >= 11 is 6.39. The van der Waals surface area contributed by atoms with Gasteiger partial charge in [0.05, 0.1) is 23.6 Å². The summed E-state index contributed by atoms with van der Waals surface area (Å²) in [5.74, 6) is -1.78. The summed E-state index contributed by atoms with van der Waals surface area (Å²) in [5.41, 5.74) is 3.60. The fourth-order valence-corrected chi connectivity index (χ4v) is 3.90. The molecule has 3 rings (SSSR count). The highest BCUT2D eigenvalue weighted by Crippen LogP contribution is 2.29. The molecule has 158 valence electrons. The van der Waals surface area contributed by atoms with E-state index < -0.39 is 17.9 Å². The van der Waals surface area contributed by atoms with E-state index in [2.05, 4.69) is 5.32 Å². The third-order valence-corrected chi connectivity index (χ3v) is 6.02. The van der Waals surface area contributed by atoms with Crippen molar-refractivity contribution in [2.75, 3.05) is 6.61 Å². The van der Waals surface area contributed by atoms with E-state index in [1.807, 2.05) is 26.0 Å². The lowest BCUT2D eigenvalue weighted by atomic mass is 9.94. The van der Waals surface area contributed by atoms with Gasteiger partial charge in [-0.25, -0.2) is 0 Å². The maximum atomic E-state index is 12.9. The lowest BCUT2D eigenvalue weighted by Gasteiger charge is -2.18. The van der Waals surface area contributed by atoms with Gasteiger partial charge in [0.25, 0.3) is 5.91 Å². The van der Waals surface area contributed by atoms with E-state index in [1.165, 1.54) is 0 Å². The molecule has 7 heteroatoms. The number of aromatic nitrogens is 1. The highest BCUT2D eigenvalue weighted by Gasteiger charge is 2.21. The fourth-order valence-electron chi connectivity index (χ4n) is 3.68. The molecule has 0 saturated carbocycles. The van der Waals surface area contributed by atoms with Crippen LogP contribution in [0.1, 0.15) is 52.5 Å². The molecule has 1 heterocycles. The Morgan fingerprint density at radius 1 is 1.13 bits per heavy atom. The average molecular weight is 429 g/mol. The van der Waals surface area contributed by atoms with Crippen LogP contribution < -0.4 is 5.32 Å². The van der Waals surface area contributed by atoms with E-state index in [0.717, 1.165) is 16.5 Å². The van der Waals surface area contributed by atoms with E-state index in [0.29, 0.717) is 28.3 Å². The lowest BCUT2D eigenvalue weighted by Crippen LogP contribution is -2.32. The number of aryl methyl sites for hydroxylation is 2. The van der Waals surface area contributed by atoms with Crippen molar-refractivity contribution in [3.05, 3.63) is 69.9 Å². The Bertz CT molecular complexity index is 1090. The predicted molar refractivity (Wildman–Crippen MR) is 117 cm³/mol. The second-order valence-corrected chi connectivity index (χ2v) is 7.77. The number of halogens is 1. The van der Waals surface area contributed by atoms with Gasteiger partial charge in [-0.3, -0.25) is 9.59 Å². The van der Waals surface area contributed by atoms with Crippen molar-refractivity contribution in [2.24, 2.45) is 7.05 Å². The number of benzene rings is 2. The smallest absolute Gasteiger partial charge is 0.310 e. The number of nitrogens with one attached hydrogen (secondary N) is 1. The van der Waals surface area contributed by atoms with Crippen LogP contribution in [0.5, 0.6) is 0 Å². The highest BCUT2D eigenvalue weighted by atomic mass is 35.5. The Kier molecular flexibility index (Phi) is 6.48. The lowest BCUT2D eigenvalue weighted by molar-refractivity contribution is -0.138. The zero-order valence-corrected chi connectivity index (χ0v) is 17.9. The molecule has 3 aromatic rings. The summed E-state index contributed by atoms with van der Waals surface area (Å²) in [5, 5.41) is 23.4. The Labute approximate surface area is 180 Å². The van der Waals surface area contributed by atoms with Crippen LogP contribution in [-0.4, -0.2) is 33.3 Å². The first kappa shape index (κ1) is 21.9. The molecule has 2 atom stereocenters. The number of carboxylic acid groups (broad SMARTS) is 1. The summed E-state index contributed by atoms with van der Waals surface area (Å²) in [7, 11) is 1.79. The van der Waals surface area contributed by atoms with Gasteiger partial charge in [-0.1, -0.05) is 48.9 Å². The Balaban J connectivity index is 1.85. The number of amides is 1. The molecule has 0 radical (unpaired) electrons. The van der Waals surface area contributed by atoms with Crippen LogP contribution in [0.3, 0.4) is 0 Å². The van der Waals surface area contributed by atoms with Crippen LogP contribution in [0, 0.1) is 6.92 Å². The minimum absolute atomic E-state index is 0.287. The number of aliphatic carboxylic acids is 1. The van der Waals surface area contributed by atoms with Crippen LogP contribution in [0.2, 0.25) is 5.02 Å². The summed E-state index contributed by atoms with van der Waals surface area (Å²) in [6.45, 7) is 3.44. The number of hydrogen-bond donors (Lipinski definition) is 3. The number of rotatable bonds is 7. The van der Waals surface area contributed by atoms with Crippen LogP contribution in [0.15, 0.2) is 42.5 Å². The number of carbonyl (C=O) groups excluding carboxylic acids is 1.